The molecule has 2 aromatic rings. The first-order chi connectivity index (χ1) is 12.0. The van der Waals surface area contributed by atoms with Crippen LogP contribution in [0.4, 0.5) is 0 Å². The summed E-state index contributed by atoms with van der Waals surface area (Å²) >= 11 is 0. The van der Waals surface area contributed by atoms with Gasteiger partial charge in [0.2, 0.25) is 6.79 Å². The van der Waals surface area contributed by atoms with E-state index in [1.807, 2.05) is 0 Å². The van der Waals surface area contributed by atoms with Crippen molar-refractivity contribution in [3.8, 4) is 11.5 Å². The van der Waals surface area contributed by atoms with E-state index < -0.39 is 18.0 Å². The maximum absolute atomic E-state index is 12.1. The van der Waals surface area contributed by atoms with Gasteiger partial charge in [-0.3, -0.25) is 4.79 Å². The molecule has 0 saturated carbocycles. The van der Waals surface area contributed by atoms with Crippen molar-refractivity contribution in [1.82, 2.24) is 5.32 Å². The monoisotopic (exact) mass is 344 g/mol. The number of nitrogens with zero attached hydrogens (tertiary/aromatic N) is 1. The van der Waals surface area contributed by atoms with E-state index in [2.05, 4.69) is 5.32 Å². The largest absolute Gasteiger partial charge is 0.618 e. The fourth-order valence-corrected chi connectivity index (χ4v) is 2.24. The van der Waals surface area contributed by atoms with Crippen molar-refractivity contribution in [3.63, 3.8) is 0 Å². The number of carbonyl (C=O) groups is 2. The smallest absolute Gasteiger partial charge is 0.405 e. The molecule has 0 spiro atoms. The summed E-state index contributed by atoms with van der Waals surface area (Å²) in [6.45, 7) is 1.85. The highest BCUT2D eigenvalue weighted by Crippen LogP contribution is 2.32. The van der Waals surface area contributed by atoms with Gasteiger partial charge in [-0.05, 0) is 30.7 Å². The number of hydrogen-bond acceptors (Lipinski definition) is 6. The molecule has 3 rings (SSSR count). The molecule has 0 fully saturated rings. The van der Waals surface area contributed by atoms with E-state index in [9.17, 15) is 14.8 Å². The van der Waals surface area contributed by atoms with Gasteiger partial charge in [-0.25, -0.2) is 4.79 Å². The molecular weight excluding hydrogens is 328 g/mol. The minimum Gasteiger partial charge on any atom is -0.618 e. The van der Waals surface area contributed by atoms with Gasteiger partial charge in [0, 0.05) is 18.7 Å². The van der Waals surface area contributed by atoms with Crippen LogP contribution >= 0.6 is 0 Å². The number of pyridine rings is 1. The lowest BCUT2D eigenvalue weighted by Crippen LogP contribution is -2.39. The molecule has 1 aliphatic rings. The Hall–Kier alpha value is -3.29. The van der Waals surface area contributed by atoms with Gasteiger partial charge in [-0.15, -0.1) is 0 Å². The second kappa shape index (κ2) is 7.08. The van der Waals surface area contributed by atoms with E-state index in [1.165, 1.54) is 31.3 Å². The van der Waals surface area contributed by atoms with Crippen LogP contribution in [0, 0.1) is 5.21 Å². The molecular formula is C17H16N2O6. The Morgan fingerprint density at radius 1 is 1.28 bits per heavy atom. The first kappa shape index (κ1) is 16.6. The van der Waals surface area contributed by atoms with Crippen LogP contribution in [-0.2, 0) is 16.1 Å². The Morgan fingerprint density at radius 2 is 2.08 bits per heavy atom. The molecule has 25 heavy (non-hydrogen) atoms. The summed E-state index contributed by atoms with van der Waals surface area (Å²) < 4.78 is 15.9. The fourth-order valence-electron chi connectivity index (χ4n) is 2.24. The summed E-state index contributed by atoms with van der Waals surface area (Å²) in [4.78, 5) is 24.0. The van der Waals surface area contributed by atoms with Crippen LogP contribution in [0.1, 0.15) is 23.0 Å². The maximum atomic E-state index is 12.1. The molecule has 130 valence electrons. The van der Waals surface area contributed by atoms with Crippen LogP contribution in [0.5, 0.6) is 11.5 Å². The Kier molecular flexibility index (Phi) is 4.69. The predicted molar refractivity (Wildman–Crippen MR) is 84.7 cm³/mol. The quantitative estimate of drug-likeness (QED) is 0.491. The molecule has 8 heteroatoms. The van der Waals surface area contributed by atoms with Gasteiger partial charge in [0.1, 0.15) is 0 Å². The van der Waals surface area contributed by atoms with Crippen LogP contribution in [0.2, 0.25) is 0 Å². The van der Waals surface area contributed by atoms with E-state index in [0.29, 0.717) is 16.2 Å². The van der Waals surface area contributed by atoms with E-state index in [0.717, 1.165) is 5.56 Å². The number of rotatable bonds is 5. The zero-order valence-electron chi connectivity index (χ0n) is 13.4. The normalized spacial score (nSPS) is 13.2. The average Bonchev–Trinajstić information content (AvgIpc) is 3.07. The first-order valence-corrected chi connectivity index (χ1v) is 7.60. The third-order valence-electron chi connectivity index (χ3n) is 3.59. The van der Waals surface area contributed by atoms with Crippen molar-refractivity contribution < 1.29 is 28.5 Å². The SMILES string of the molecule is C[C@@H](OC(=O)c1cccc[n+]1[O-])C(=O)NCc1ccc2c(c1)OCO2. The second-order valence-electron chi connectivity index (χ2n) is 5.36. The van der Waals surface area contributed by atoms with Gasteiger partial charge in [0.25, 0.3) is 5.91 Å². The molecule has 8 nitrogen and oxygen atoms in total. The summed E-state index contributed by atoms with van der Waals surface area (Å²) in [5.41, 5.74) is 0.634. The fraction of sp³-hybridized carbons (Fsp3) is 0.235. The third kappa shape index (κ3) is 3.79. The zero-order chi connectivity index (χ0) is 17.8. The van der Waals surface area contributed by atoms with Gasteiger partial charge in [-0.1, -0.05) is 6.07 Å². The first-order valence-electron chi connectivity index (χ1n) is 7.60. The highest BCUT2D eigenvalue weighted by molar-refractivity contribution is 5.89. The summed E-state index contributed by atoms with van der Waals surface area (Å²) in [5, 5.41) is 14.2. The Labute approximate surface area is 143 Å². The number of aromatic nitrogens is 1. The molecule has 0 bridgehead atoms. The van der Waals surface area contributed by atoms with Crippen molar-refractivity contribution in [2.24, 2.45) is 0 Å². The molecule has 1 aromatic carbocycles. The second-order valence-corrected chi connectivity index (χ2v) is 5.36. The molecule has 0 radical (unpaired) electrons. The lowest BCUT2D eigenvalue weighted by Gasteiger charge is -2.13. The van der Waals surface area contributed by atoms with Crippen molar-refractivity contribution in [3.05, 3.63) is 59.1 Å². The number of carbonyl (C=O) groups excluding carboxylic acids is 2. The molecule has 0 aliphatic carbocycles. The van der Waals surface area contributed by atoms with E-state index in [-0.39, 0.29) is 19.0 Å². The topological polar surface area (TPSA) is 101 Å². The van der Waals surface area contributed by atoms with Crippen LogP contribution in [0.15, 0.2) is 42.6 Å². The van der Waals surface area contributed by atoms with E-state index in [1.54, 1.807) is 18.2 Å². The number of esters is 1. The number of hydrogen-bond donors (Lipinski definition) is 1. The molecule has 1 N–H and O–H groups in total. The van der Waals surface area contributed by atoms with Crippen molar-refractivity contribution >= 4 is 11.9 Å². The standard InChI is InChI=1S/C17H16N2O6/c1-11(25-17(21)13-4-2-3-7-19(13)22)16(20)18-9-12-5-6-14-15(8-12)24-10-23-14/h2-8,11H,9-10H2,1H3,(H,18,20)/t11-/m1/s1. The van der Waals surface area contributed by atoms with Gasteiger partial charge in [0.05, 0.1) is 0 Å². The lowest BCUT2D eigenvalue weighted by atomic mass is 10.2. The highest BCUT2D eigenvalue weighted by atomic mass is 16.7. The summed E-state index contributed by atoms with van der Waals surface area (Å²) in [5.74, 6) is -0.0535. The Bertz CT molecular complexity index is 807. The molecule has 0 unspecified atom stereocenters. The molecule has 2 heterocycles. The molecule has 0 saturated heterocycles. The number of nitrogens with one attached hydrogen (secondary N) is 1. The van der Waals surface area contributed by atoms with Gasteiger partial charge >= 0.3 is 11.7 Å². The van der Waals surface area contributed by atoms with E-state index >= 15 is 0 Å². The molecule has 1 amide bonds. The predicted octanol–water partition coefficient (Wildman–Crippen LogP) is 0.910. The average molecular weight is 344 g/mol. The Balaban J connectivity index is 1.54. The number of fused-ring (bicyclic) bond motifs is 1. The molecule has 1 aliphatic heterocycles. The summed E-state index contributed by atoms with van der Waals surface area (Å²) in [7, 11) is 0. The van der Waals surface area contributed by atoms with E-state index in [4.69, 9.17) is 14.2 Å². The summed E-state index contributed by atoms with van der Waals surface area (Å²) in [6.07, 6.45) is 0.141. The Morgan fingerprint density at radius 3 is 2.88 bits per heavy atom. The maximum Gasteiger partial charge on any atom is 0.405 e. The van der Waals surface area contributed by atoms with Crippen molar-refractivity contribution in [2.45, 2.75) is 19.6 Å². The van der Waals surface area contributed by atoms with Gasteiger partial charge in [0.15, 0.2) is 23.8 Å². The third-order valence-corrected chi connectivity index (χ3v) is 3.59. The minimum absolute atomic E-state index is 0.178. The molecule has 1 atom stereocenters. The van der Waals surface area contributed by atoms with Crippen LogP contribution in [-0.4, -0.2) is 24.8 Å². The van der Waals surface area contributed by atoms with Crippen LogP contribution < -0.4 is 19.5 Å². The zero-order valence-corrected chi connectivity index (χ0v) is 13.4. The van der Waals surface area contributed by atoms with Gasteiger partial charge < -0.3 is 24.7 Å². The minimum atomic E-state index is -1.04. The van der Waals surface area contributed by atoms with Gasteiger partial charge in [-0.2, -0.15) is 4.73 Å². The van der Waals surface area contributed by atoms with Crippen molar-refractivity contribution in [2.75, 3.05) is 6.79 Å². The number of amides is 1. The van der Waals surface area contributed by atoms with Crippen LogP contribution in [0.3, 0.4) is 0 Å². The summed E-state index contributed by atoms with van der Waals surface area (Å²) in [6, 6.07) is 9.68. The highest BCUT2D eigenvalue weighted by Gasteiger charge is 2.23. The molecule has 1 aromatic heterocycles. The van der Waals surface area contributed by atoms with Crippen LogP contribution in [0.25, 0.3) is 0 Å². The lowest BCUT2D eigenvalue weighted by molar-refractivity contribution is -0.608. The number of ether oxygens (including phenoxy) is 3. The van der Waals surface area contributed by atoms with Crippen molar-refractivity contribution in [1.29, 1.82) is 0 Å². The number of benzene rings is 1.